The van der Waals surface area contributed by atoms with Gasteiger partial charge in [0, 0.05) is 20.6 Å². The second kappa shape index (κ2) is 7.57. The Morgan fingerprint density at radius 2 is 2.00 bits per heavy atom. The monoisotopic (exact) mass is 365 g/mol. The largest absolute Gasteiger partial charge is 0.454 e. The van der Waals surface area contributed by atoms with Crippen molar-refractivity contribution in [3.05, 3.63) is 53.9 Å². The number of aromatic nitrogens is 2. The molecule has 0 saturated heterocycles. The van der Waals surface area contributed by atoms with Crippen LogP contribution < -0.4 is 20.1 Å². The summed E-state index contributed by atoms with van der Waals surface area (Å²) in [6, 6.07) is 14.2. The zero-order chi connectivity index (χ0) is 18.6. The van der Waals surface area contributed by atoms with Crippen molar-refractivity contribution >= 4 is 17.0 Å². The molecule has 140 valence electrons. The average Bonchev–Trinajstić information content (AvgIpc) is 3.29. The highest BCUT2D eigenvalue weighted by Gasteiger charge is 2.13. The quantitative estimate of drug-likeness (QED) is 0.536. The summed E-state index contributed by atoms with van der Waals surface area (Å²) in [5, 5.41) is 6.67. The summed E-state index contributed by atoms with van der Waals surface area (Å²) < 4.78 is 12.9. The lowest BCUT2D eigenvalue weighted by Crippen LogP contribution is -2.38. The number of hydrogen-bond donors (Lipinski definition) is 2. The molecular weight excluding hydrogens is 342 g/mol. The van der Waals surface area contributed by atoms with E-state index in [1.54, 1.807) is 7.05 Å². The van der Waals surface area contributed by atoms with Gasteiger partial charge < -0.3 is 24.7 Å². The highest BCUT2D eigenvalue weighted by atomic mass is 16.7. The molecule has 0 saturated carbocycles. The normalized spacial score (nSPS) is 13.2. The molecule has 2 aromatic carbocycles. The van der Waals surface area contributed by atoms with Crippen LogP contribution in [0.25, 0.3) is 11.0 Å². The molecule has 27 heavy (non-hydrogen) atoms. The molecule has 1 aliphatic rings. The highest BCUT2D eigenvalue weighted by molar-refractivity contribution is 5.80. The number of fused-ring (bicyclic) bond motifs is 2. The van der Waals surface area contributed by atoms with Crippen LogP contribution in [0, 0.1) is 0 Å². The molecule has 4 rings (SSSR count). The van der Waals surface area contributed by atoms with Gasteiger partial charge in [-0.1, -0.05) is 18.2 Å². The number of nitrogens with zero attached hydrogens (tertiary/aromatic N) is 3. The van der Waals surface area contributed by atoms with Crippen LogP contribution in [0.3, 0.4) is 0 Å². The molecule has 0 aliphatic carbocycles. The number of imidazole rings is 1. The van der Waals surface area contributed by atoms with Crippen LogP contribution in [0.15, 0.2) is 47.5 Å². The van der Waals surface area contributed by atoms with E-state index < -0.39 is 0 Å². The van der Waals surface area contributed by atoms with Crippen LogP contribution in [-0.4, -0.2) is 35.9 Å². The van der Waals surface area contributed by atoms with Crippen LogP contribution in [0.5, 0.6) is 11.5 Å². The lowest BCUT2D eigenvalue weighted by atomic mass is 10.1. The Hall–Kier alpha value is -3.22. The van der Waals surface area contributed by atoms with Crippen molar-refractivity contribution in [2.75, 3.05) is 20.4 Å². The molecule has 2 heterocycles. The summed E-state index contributed by atoms with van der Waals surface area (Å²) in [5.41, 5.74) is 3.32. The van der Waals surface area contributed by atoms with E-state index in [1.807, 2.05) is 37.4 Å². The van der Waals surface area contributed by atoms with Gasteiger partial charge in [-0.2, -0.15) is 0 Å². The standard InChI is InChI=1S/C20H23N5O2/c1-21-20(22-10-9-14-7-8-17-18(11-14)27-13-26-17)23-12-19-24-15-5-3-4-6-16(15)25(19)2/h3-8,11H,9-10,12-13H2,1-2H3,(H2,21,22,23). The van der Waals surface area contributed by atoms with E-state index >= 15 is 0 Å². The fourth-order valence-electron chi connectivity index (χ4n) is 3.16. The highest BCUT2D eigenvalue weighted by Crippen LogP contribution is 2.32. The summed E-state index contributed by atoms with van der Waals surface area (Å²) in [4.78, 5) is 8.96. The van der Waals surface area contributed by atoms with Gasteiger partial charge in [-0.25, -0.2) is 4.98 Å². The topological polar surface area (TPSA) is 72.7 Å². The van der Waals surface area contributed by atoms with E-state index in [4.69, 9.17) is 9.47 Å². The van der Waals surface area contributed by atoms with Crippen LogP contribution in [0.1, 0.15) is 11.4 Å². The van der Waals surface area contributed by atoms with Gasteiger partial charge in [0.25, 0.3) is 0 Å². The van der Waals surface area contributed by atoms with Gasteiger partial charge >= 0.3 is 0 Å². The molecule has 3 aromatic rings. The number of nitrogens with one attached hydrogen (secondary N) is 2. The minimum absolute atomic E-state index is 0.301. The molecule has 7 nitrogen and oxygen atoms in total. The van der Waals surface area contributed by atoms with Gasteiger partial charge in [0.2, 0.25) is 6.79 Å². The van der Waals surface area contributed by atoms with Crippen molar-refractivity contribution in [1.82, 2.24) is 20.2 Å². The minimum Gasteiger partial charge on any atom is -0.454 e. The first-order valence-electron chi connectivity index (χ1n) is 8.98. The molecular formula is C20H23N5O2. The van der Waals surface area contributed by atoms with Crippen LogP contribution in [0.4, 0.5) is 0 Å². The third-order valence-corrected chi connectivity index (χ3v) is 4.66. The number of rotatable bonds is 5. The van der Waals surface area contributed by atoms with Crippen LogP contribution >= 0.6 is 0 Å². The average molecular weight is 365 g/mol. The van der Waals surface area contributed by atoms with E-state index in [0.29, 0.717) is 13.3 Å². The Labute approximate surface area is 158 Å². The maximum absolute atomic E-state index is 5.42. The first-order valence-corrected chi connectivity index (χ1v) is 8.98. The SMILES string of the molecule is CN=C(NCCc1ccc2c(c1)OCO2)NCc1nc2ccccc2n1C. The van der Waals surface area contributed by atoms with Gasteiger partial charge in [0.1, 0.15) is 5.82 Å². The number of benzene rings is 2. The Kier molecular flexibility index (Phi) is 4.82. The van der Waals surface area contributed by atoms with Crippen LogP contribution in [-0.2, 0) is 20.0 Å². The fourth-order valence-corrected chi connectivity index (χ4v) is 3.16. The van der Waals surface area contributed by atoms with E-state index in [0.717, 1.165) is 47.3 Å². The third kappa shape index (κ3) is 3.67. The van der Waals surface area contributed by atoms with Gasteiger partial charge in [0.15, 0.2) is 17.5 Å². The van der Waals surface area contributed by atoms with Crippen molar-refractivity contribution in [3.8, 4) is 11.5 Å². The van der Waals surface area contributed by atoms with Crippen molar-refractivity contribution in [2.24, 2.45) is 12.0 Å². The molecule has 0 unspecified atom stereocenters. The zero-order valence-corrected chi connectivity index (χ0v) is 15.5. The molecule has 0 spiro atoms. The molecule has 1 aliphatic heterocycles. The lowest BCUT2D eigenvalue weighted by Gasteiger charge is -2.12. The first-order chi connectivity index (χ1) is 13.2. The molecule has 0 fully saturated rings. The smallest absolute Gasteiger partial charge is 0.231 e. The van der Waals surface area contributed by atoms with Gasteiger partial charge in [-0.15, -0.1) is 0 Å². The number of hydrogen-bond acceptors (Lipinski definition) is 4. The summed E-state index contributed by atoms with van der Waals surface area (Å²) in [7, 11) is 3.80. The van der Waals surface area contributed by atoms with E-state index in [1.165, 1.54) is 5.56 Å². The van der Waals surface area contributed by atoms with Crippen molar-refractivity contribution in [1.29, 1.82) is 0 Å². The van der Waals surface area contributed by atoms with Gasteiger partial charge in [-0.05, 0) is 36.2 Å². The molecule has 0 atom stereocenters. The Balaban J connectivity index is 1.31. The van der Waals surface area contributed by atoms with Gasteiger partial charge in [0.05, 0.1) is 17.6 Å². The predicted molar refractivity (Wildman–Crippen MR) is 105 cm³/mol. The number of aliphatic imine (C=N–C) groups is 1. The number of aryl methyl sites for hydroxylation is 1. The van der Waals surface area contributed by atoms with Crippen molar-refractivity contribution in [2.45, 2.75) is 13.0 Å². The number of ether oxygens (including phenoxy) is 2. The van der Waals surface area contributed by atoms with E-state index in [2.05, 4.69) is 37.3 Å². The molecule has 0 bridgehead atoms. The number of guanidine groups is 1. The second-order valence-corrected chi connectivity index (χ2v) is 6.37. The summed E-state index contributed by atoms with van der Waals surface area (Å²) >= 11 is 0. The van der Waals surface area contributed by atoms with Crippen molar-refractivity contribution in [3.63, 3.8) is 0 Å². The summed E-state index contributed by atoms with van der Waals surface area (Å²) in [6.07, 6.45) is 0.865. The summed E-state index contributed by atoms with van der Waals surface area (Å²) in [5.74, 6) is 3.35. The van der Waals surface area contributed by atoms with Crippen LogP contribution in [0.2, 0.25) is 0 Å². The second-order valence-electron chi connectivity index (χ2n) is 6.37. The van der Waals surface area contributed by atoms with Crippen molar-refractivity contribution < 1.29 is 9.47 Å². The Bertz CT molecular complexity index is 980. The van der Waals surface area contributed by atoms with E-state index in [-0.39, 0.29) is 0 Å². The number of para-hydroxylation sites is 2. The molecule has 1 aromatic heterocycles. The Morgan fingerprint density at radius 1 is 1.15 bits per heavy atom. The maximum atomic E-state index is 5.42. The summed E-state index contributed by atoms with van der Waals surface area (Å²) in [6.45, 7) is 1.67. The van der Waals surface area contributed by atoms with Gasteiger partial charge in [-0.3, -0.25) is 4.99 Å². The zero-order valence-electron chi connectivity index (χ0n) is 15.5. The lowest BCUT2D eigenvalue weighted by molar-refractivity contribution is 0.174. The molecule has 0 radical (unpaired) electrons. The van der Waals surface area contributed by atoms with E-state index in [9.17, 15) is 0 Å². The minimum atomic E-state index is 0.301. The molecule has 0 amide bonds. The predicted octanol–water partition coefficient (Wildman–Crippen LogP) is 2.21. The Morgan fingerprint density at radius 3 is 2.85 bits per heavy atom. The third-order valence-electron chi connectivity index (χ3n) is 4.66. The molecule has 7 heteroatoms. The molecule has 2 N–H and O–H groups in total. The maximum Gasteiger partial charge on any atom is 0.231 e. The fraction of sp³-hybridized carbons (Fsp3) is 0.300. The first kappa shape index (κ1) is 17.2.